The molecule has 1 atom stereocenters. The lowest BCUT2D eigenvalue weighted by Crippen LogP contribution is -2.46. The van der Waals surface area contributed by atoms with Crippen molar-refractivity contribution in [1.82, 2.24) is 15.1 Å². The van der Waals surface area contributed by atoms with Gasteiger partial charge in [-0.25, -0.2) is 0 Å². The van der Waals surface area contributed by atoms with Gasteiger partial charge in [-0.05, 0) is 52.9 Å². The molecule has 0 spiro atoms. The molecule has 2 N–H and O–H groups in total. The molecular weight excluding hydrogens is 214 g/mol. The fourth-order valence-corrected chi connectivity index (χ4v) is 2.57. The van der Waals surface area contributed by atoms with Crippen molar-refractivity contribution in [3.8, 4) is 0 Å². The molecule has 17 heavy (non-hydrogen) atoms. The number of nitrogens with zero attached hydrogens (tertiary/aromatic N) is 2. The molecule has 1 aliphatic carbocycles. The van der Waals surface area contributed by atoms with E-state index in [1.54, 1.807) is 0 Å². The highest BCUT2D eigenvalue weighted by Gasteiger charge is 2.24. The van der Waals surface area contributed by atoms with Crippen LogP contribution in [0.25, 0.3) is 0 Å². The number of likely N-dealkylation sites (tertiary alicyclic amines) is 1. The van der Waals surface area contributed by atoms with Gasteiger partial charge in [-0.15, -0.1) is 0 Å². The summed E-state index contributed by atoms with van der Waals surface area (Å²) in [6.45, 7) is 3.85. The summed E-state index contributed by atoms with van der Waals surface area (Å²) < 4.78 is 0. The first-order chi connectivity index (χ1) is 8.15. The zero-order chi connectivity index (χ0) is 12.3. The maximum absolute atomic E-state index is 9.94. The SMILES string of the molecule is CN(C)C1CCN(CC(O)CNC2CC2)CC1. The fourth-order valence-electron chi connectivity index (χ4n) is 2.57. The number of aliphatic hydroxyl groups is 1. The Morgan fingerprint density at radius 2 is 1.88 bits per heavy atom. The second-order valence-corrected chi connectivity index (χ2v) is 5.83. The Hall–Kier alpha value is -0.160. The number of β-amino-alcohol motifs (C(OH)–C–C–N with tert-alkyl or cyclic N) is 1. The number of hydrogen-bond donors (Lipinski definition) is 2. The molecule has 100 valence electrons. The molecular formula is C13H27N3O. The van der Waals surface area contributed by atoms with E-state index in [-0.39, 0.29) is 6.10 Å². The minimum Gasteiger partial charge on any atom is -0.390 e. The number of aliphatic hydroxyl groups excluding tert-OH is 1. The quantitative estimate of drug-likeness (QED) is 0.693. The van der Waals surface area contributed by atoms with Gasteiger partial charge < -0.3 is 20.2 Å². The van der Waals surface area contributed by atoms with Gasteiger partial charge in [0.25, 0.3) is 0 Å². The predicted molar refractivity (Wildman–Crippen MR) is 70.2 cm³/mol. The van der Waals surface area contributed by atoms with Crippen molar-refractivity contribution in [3.63, 3.8) is 0 Å². The molecule has 0 bridgehead atoms. The average Bonchev–Trinajstić information content (AvgIpc) is 3.11. The molecule has 0 radical (unpaired) electrons. The molecule has 0 aromatic heterocycles. The van der Waals surface area contributed by atoms with E-state index in [0.717, 1.165) is 32.2 Å². The van der Waals surface area contributed by atoms with Gasteiger partial charge in [-0.2, -0.15) is 0 Å². The van der Waals surface area contributed by atoms with Crippen LogP contribution in [0, 0.1) is 0 Å². The summed E-state index contributed by atoms with van der Waals surface area (Å²) in [5.74, 6) is 0. The van der Waals surface area contributed by atoms with E-state index in [1.165, 1.54) is 25.7 Å². The van der Waals surface area contributed by atoms with Crippen molar-refractivity contribution in [2.45, 2.75) is 43.9 Å². The minimum atomic E-state index is -0.202. The average molecular weight is 241 g/mol. The van der Waals surface area contributed by atoms with Crippen LogP contribution in [-0.4, -0.2) is 73.4 Å². The zero-order valence-electron chi connectivity index (χ0n) is 11.2. The largest absolute Gasteiger partial charge is 0.390 e. The Bertz CT molecular complexity index is 223. The lowest BCUT2D eigenvalue weighted by atomic mass is 10.0. The summed E-state index contributed by atoms with van der Waals surface area (Å²) in [6, 6.07) is 1.43. The molecule has 1 saturated carbocycles. The van der Waals surface area contributed by atoms with Crippen LogP contribution in [0.1, 0.15) is 25.7 Å². The second-order valence-electron chi connectivity index (χ2n) is 5.83. The van der Waals surface area contributed by atoms with Crippen LogP contribution in [0.4, 0.5) is 0 Å². The minimum absolute atomic E-state index is 0.202. The first-order valence-electron chi connectivity index (χ1n) is 6.95. The highest BCUT2D eigenvalue weighted by molar-refractivity contribution is 4.83. The summed E-state index contributed by atoms with van der Waals surface area (Å²) in [5.41, 5.74) is 0. The molecule has 4 nitrogen and oxygen atoms in total. The number of rotatable bonds is 6. The number of piperidine rings is 1. The lowest BCUT2D eigenvalue weighted by Gasteiger charge is -2.36. The van der Waals surface area contributed by atoms with Crippen LogP contribution in [-0.2, 0) is 0 Å². The van der Waals surface area contributed by atoms with Gasteiger partial charge in [0.05, 0.1) is 6.10 Å². The van der Waals surface area contributed by atoms with Gasteiger partial charge in [0.1, 0.15) is 0 Å². The van der Waals surface area contributed by atoms with Crippen LogP contribution < -0.4 is 5.32 Å². The normalized spacial score (nSPS) is 25.4. The van der Waals surface area contributed by atoms with Crippen LogP contribution in [0.3, 0.4) is 0 Å². The van der Waals surface area contributed by atoms with Crippen molar-refractivity contribution >= 4 is 0 Å². The summed E-state index contributed by atoms with van der Waals surface area (Å²) in [5, 5.41) is 13.3. The third-order valence-electron chi connectivity index (χ3n) is 3.98. The van der Waals surface area contributed by atoms with E-state index in [1.807, 2.05) is 0 Å². The highest BCUT2D eigenvalue weighted by atomic mass is 16.3. The molecule has 0 aromatic rings. The van der Waals surface area contributed by atoms with Gasteiger partial charge in [-0.1, -0.05) is 0 Å². The van der Waals surface area contributed by atoms with Gasteiger partial charge >= 0.3 is 0 Å². The van der Waals surface area contributed by atoms with E-state index in [2.05, 4.69) is 29.2 Å². The third kappa shape index (κ3) is 4.54. The summed E-state index contributed by atoms with van der Waals surface area (Å²) in [4.78, 5) is 4.72. The Morgan fingerprint density at radius 1 is 1.24 bits per heavy atom. The molecule has 1 unspecified atom stereocenters. The summed E-state index contributed by atoms with van der Waals surface area (Å²) >= 11 is 0. The lowest BCUT2D eigenvalue weighted by molar-refractivity contribution is 0.0794. The molecule has 1 aliphatic heterocycles. The van der Waals surface area contributed by atoms with Crippen LogP contribution in [0.5, 0.6) is 0 Å². The zero-order valence-corrected chi connectivity index (χ0v) is 11.2. The van der Waals surface area contributed by atoms with Crippen molar-refractivity contribution in [1.29, 1.82) is 0 Å². The molecule has 1 saturated heterocycles. The maximum Gasteiger partial charge on any atom is 0.0791 e. The van der Waals surface area contributed by atoms with Crippen LogP contribution in [0.15, 0.2) is 0 Å². The van der Waals surface area contributed by atoms with E-state index in [4.69, 9.17) is 0 Å². The molecule has 0 aromatic carbocycles. The smallest absolute Gasteiger partial charge is 0.0791 e. The predicted octanol–water partition coefficient (Wildman–Crippen LogP) is 0.125. The van der Waals surface area contributed by atoms with Gasteiger partial charge in [-0.3, -0.25) is 0 Å². The fraction of sp³-hybridized carbons (Fsp3) is 1.00. The van der Waals surface area contributed by atoms with Gasteiger partial charge in [0.2, 0.25) is 0 Å². The highest BCUT2D eigenvalue weighted by Crippen LogP contribution is 2.18. The van der Waals surface area contributed by atoms with Gasteiger partial charge in [0, 0.05) is 25.2 Å². The Balaban J connectivity index is 1.59. The molecule has 2 rings (SSSR count). The Kier molecular flexibility index (Phi) is 4.79. The van der Waals surface area contributed by atoms with Gasteiger partial charge in [0.15, 0.2) is 0 Å². The second kappa shape index (κ2) is 6.14. The van der Waals surface area contributed by atoms with E-state index < -0.39 is 0 Å². The monoisotopic (exact) mass is 241 g/mol. The first-order valence-corrected chi connectivity index (χ1v) is 6.95. The Morgan fingerprint density at radius 3 is 2.41 bits per heavy atom. The topological polar surface area (TPSA) is 38.7 Å². The first kappa shape index (κ1) is 13.3. The van der Waals surface area contributed by atoms with E-state index in [9.17, 15) is 5.11 Å². The number of nitrogens with one attached hydrogen (secondary N) is 1. The molecule has 0 amide bonds. The van der Waals surface area contributed by atoms with E-state index >= 15 is 0 Å². The molecule has 2 aliphatic rings. The van der Waals surface area contributed by atoms with Crippen LogP contribution in [0.2, 0.25) is 0 Å². The van der Waals surface area contributed by atoms with Crippen molar-refractivity contribution in [2.75, 3.05) is 40.3 Å². The van der Waals surface area contributed by atoms with E-state index in [0.29, 0.717) is 6.04 Å². The molecule has 2 fully saturated rings. The molecule has 1 heterocycles. The number of hydrogen-bond acceptors (Lipinski definition) is 4. The Labute approximate surface area is 105 Å². The van der Waals surface area contributed by atoms with Crippen molar-refractivity contribution in [2.24, 2.45) is 0 Å². The third-order valence-corrected chi connectivity index (χ3v) is 3.98. The van der Waals surface area contributed by atoms with Crippen molar-refractivity contribution in [3.05, 3.63) is 0 Å². The van der Waals surface area contributed by atoms with Crippen LogP contribution >= 0.6 is 0 Å². The molecule has 4 heteroatoms. The maximum atomic E-state index is 9.94. The van der Waals surface area contributed by atoms with Crippen molar-refractivity contribution < 1.29 is 5.11 Å². The summed E-state index contributed by atoms with van der Waals surface area (Å²) in [6.07, 6.45) is 4.85. The standard InChI is InChI=1S/C13H27N3O/c1-15(2)12-5-7-16(8-6-12)10-13(17)9-14-11-3-4-11/h11-14,17H,3-10H2,1-2H3. The summed E-state index contributed by atoms with van der Waals surface area (Å²) in [7, 11) is 4.32.